The highest BCUT2D eigenvalue weighted by Gasteiger charge is 2.01. The van der Waals surface area contributed by atoms with E-state index in [0.29, 0.717) is 6.54 Å². The topological polar surface area (TPSA) is 58.5 Å². The minimum atomic E-state index is 0.609. The first kappa shape index (κ1) is 20.2. The third-order valence-corrected chi connectivity index (χ3v) is 4.68. The molecule has 0 spiro atoms. The van der Waals surface area contributed by atoms with Crippen molar-refractivity contribution in [3.63, 3.8) is 0 Å². The molecule has 0 bridgehead atoms. The summed E-state index contributed by atoms with van der Waals surface area (Å²) in [5.41, 5.74) is 1.28. The van der Waals surface area contributed by atoms with Crippen molar-refractivity contribution in [1.29, 1.82) is 0 Å². The summed E-state index contributed by atoms with van der Waals surface area (Å²) in [4.78, 5) is 10.2. The number of aryl methyl sites for hydroxylation is 1. The summed E-state index contributed by atoms with van der Waals surface area (Å²) in [5.74, 6) is 1.78. The normalized spacial score (nSPS) is 11.4. The number of nitrogens with zero attached hydrogens (tertiary/aromatic N) is 2. The van der Waals surface area contributed by atoms with Gasteiger partial charge in [-0.2, -0.15) is 0 Å². The number of unbranched alkanes of at least 4 members (excludes halogenated alkanes) is 1. The SMILES string of the molecule is CCCCOc1ccc(CCNC(=NCc2ncc(C)s2)NCC)cc1. The fourth-order valence-corrected chi connectivity index (χ4v) is 3.09. The standard InChI is InChI=1S/C20H30N4OS/c1-4-6-13-25-18-9-7-17(8-10-18)11-12-22-20(21-5-2)24-15-19-23-14-16(3)26-19/h7-10,14H,4-6,11-13,15H2,1-3H3,(H2,21,22,24). The van der Waals surface area contributed by atoms with Crippen LogP contribution >= 0.6 is 11.3 Å². The molecule has 0 atom stereocenters. The molecule has 5 nitrogen and oxygen atoms in total. The van der Waals surface area contributed by atoms with Crippen LogP contribution in [0.4, 0.5) is 0 Å². The Morgan fingerprint density at radius 2 is 2.00 bits per heavy atom. The molecule has 2 aromatic rings. The highest BCUT2D eigenvalue weighted by atomic mass is 32.1. The van der Waals surface area contributed by atoms with Gasteiger partial charge in [-0.3, -0.25) is 0 Å². The smallest absolute Gasteiger partial charge is 0.191 e. The summed E-state index contributed by atoms with van der Waals surface area (Å²) in [6.45, 7) is 9.38. The van der Waals surface area contributed by atoms with E-state index in [0.717, 1.165) is 55.7 Å². The molecule has 6 heteroatoms. The van der Waals surface area contributed by atoms with Crippen LogP contribution in [0.15, 0.2) is 35.5 Å². The molecule has 0 saturated carbocycles. The summed E-state index contributed by atoms with van der Waals surface area (Å²) in [5, 5.41) is 7.71. The van der Waals surface area contributed by atoms with E-state index in [1.54, 1.807) is 11.3 Å². The van der Waals surface area contributed by atoms with Crippen molar-refractivity contribution in [2.75, 3.05) is 19.7 Å². The predicted octanol–water partition coefficient (Wildman–Crippen LogP) is 3.93. The van der Waals surface area contributed by atoms with Crippen molar-refractivity contribution >= 4 is 17.3 Å². The molecule has 1 aromatic heterocycles. The van der Waals surface area contributed by atoms with Crippen LogP contribution in [0.1, 0.15) is 42.1 Å². The Morgan fingerprint density at radius 3 is 2.65 bits per heavy atom. The Hall–Kier alpha value is -2.08. The number of nitrogens with one attached hydrogen (secondary N) is 2. The number of hydrogen-bond acceptors (Lipinski definition) is 4. The lowest BCUT2D eigenvalue weighted by atomic mass is 10.1. The fraction of sp³-hybridized carbons (Fsp3) is 0.500. The molecule has 2 rings (SSSR count). The Kier molecular flexibility index (Phi) is 8.96. The minimum Gasteiger partial charge on any atom is -0.494 e. The van der Waals surface area contributed by atoms with Gasteiger partial charge < -0.3 is 15.4 Å². The molecule has 0 amide bonds. The van der Waals surface area contributed by atoms with E-state index in [4.69, 9.17) is 4.74 Å². The zero-order chi connectivity index (χ0) is 18.6. The Bertz CT molecular complexity index is 667. The van der Waals surface area contributed by atoms with Crippen LogP contribution in [0.2, 0.25) is 0 Å². The van der Waals surface area contributed by atoms with E-state index in [2.05, 4.69) is 65.6 Å². The summed E-state index contributed by atoms with van der Waals surface area (Å²) in [7, 11) is 0. The van der Waals surface area contributed by atoms with Gasteiger partial charge in [-0.25, -0.2) is 9.98 Å². The molecule has 0 radical (unpaired) electrons. The first-order valence-corrected chi connectivity index (χ1v) is 10.2. The third-order valence-electron chi connectivity index (χ3n) is 3.78. The molecular weight excluding hydrogens is 344 g/mol. The second-order valence-electron chi connectivity index (χ2n) is 6.08. The lowest BCUT2D eigenvalue weighted by Gasteiger charge is -2.11. The number of hydrogen-bond donors (Lipinski definition) is 2. The number of aliphatic imine (C=N–C) groups is 1. The zero-order valence-electron chi connectivity index (χ0n) is 16.0. The largest absolute Gasteiger partial charge is 0.494 e. The summed E-state index contributed by atoms with van der Waals surface area (Å²) >= 11 is 1.69. The van der Waals surface area contributed by atoms with Crippen LogP contribution in [-0.2, 0) is 13.0 Å². The van der Waals surface area contributed by atoms with Gasteiger partial charge in [-0.15, -0.1) is 11.3 Å². The predicted molar refractivity (Wildman–Crippen MR) is 110 cm³/mol. The maximum absolute atomic E-state index is 5.70. The lowest BCUT2D eigenvalue weighted by molar-refractivity contribution is 0.309. The third kappa shape index (κ3) is 7.44. The number of ether oxygens (including phenoxy) is 1. The van der Waals surface area contributed by atoms with Crippen LogP contribution in [0.3, 0.4) is 0 Å². The number of thiazole rings is 1. The molecule has 0 aliphatic rings. The Labute approximate surface area is 160 Å². The van der Waals surface area contributed by atoms with Gasteiger partial charge in [0.15, 0.2) is 5.96 Å². The molecule has 142 valence electrons. The quantitative estimate of drug-likeness (QED) is 0.376. The van der Waals surface area contributed by atoms with Crippen LogP contribution in [-0.4, -0.2) is 30.6 Å². The second kappa shape index (κ2) is 11.5. The highest BCUT2D eigenvalue weighted by Crippen LogP contribution is 2.13. The first-order chi connectivity index (χ1) is 12.7. The molecule has 1 heterocycles. The second-order valence-corrected chi connectivity index (χ2v) is 7.40. The van der Waals surface area contributed by atoms with E-state index < -0.39 is 0 Å². The van der Waals surface area contributed by atoms with Crippen molar-refractivity contribution < 1.29 is 4.74 Å². The lowest BCUT2D eigenvalue weighted by Crippen LogP contribution is -2.38. The molecule has 0 aliphatic heterocycles. The Balaban J connectivity index is 1.77. The highest BCUT2D eigenvalue weighted by molar-refractivity contribution is 7.11. The van der Waals surface area contributed by atoms with Gasteiger partial charge in [0.1, 0.15) is 10.8 Å². The van der Waals surface area contributed by atoms with Gasteiger partial charge in [0.05, 0.1) is 13.2 Å². The summed E-state index contributed by atoms with van der Waals surface area (Å²) < 4.78 is 5.70. The van der Waals surface area contributed by atoms with Gasteiger partial charge in [-0.1, -0.05) is 25.5 Å². The Morgan fingerprint density at radius 1 is 1.19 bits per heavy atom. The molecule has 0 saturated heterocycles. The summed E-state index contributed by atoms with van der Waals surface area (Å²) in [6, 6.07) is 8.36. The molecule has 1 aromatic carbocycles. The average Bonchev–Trinajstić information content (AvgIpc) is 3.06. The van der Waals surface area contributed by atoms with Crippen molar-refractivity contribution in [2.45, 2.75) is 46.6 Å². The fourth-order valence-electron chi connectivity index (χ4n) is 2.37. The molecule has 0 aliphatic carbocycles. The van der Waals surface area contributed by atoms with E-state index in [9.17, 15) is 0 Å². The van der Waals surface area contributed by atoms with Crippen molar-refractivity contribution in [1.82, 2.24) is 15.6 Å². The number of benzene rings is 1. The number of aromatic nitrogens is 1. The van der Waals surface area contributed by atoms with Crippen LogP contribution < -0.4 is 15.4 Å². The average molecular weight is 375 g/mol. The maximum Gasteiger partial charge on any atom is 0.191 e. The molecule has 26 heavy (non-hydrogen) atoms. The van der Waals surface area contributed by atoms with E-state index >= 15 is 0 Å². The van der Waals surface area contributed by atoms with Gasteiger partial charge in [-0.05, 0) is 44.4 Å². The zero-order valence-corrected chi connectivity index (χ0v) is 16.9. The first-order valence-electron chi connectivity index (χ1n) is 9.36. The van der Waals surface area contributed by atoms with Gasteiger partial charge in [0.25, 0.3) is 0 Å². The van der Waals surface area contributed by atoms with E-state index in [1.807, 2.05) is 6.20 Å². The van der Waals surface area contributed by atoms with Crippen LogP contribution in [0.5, 0.6) is 5.75 Å². The van der Waals surface area contributed by atoms with E-state index in [-0.39, 0.29) is 0 Å². The van der Waals surface area contributed by atoms with Crippen molar-refractivity contribution in [3.8, 4) is 5.75 Å². The van der Waals surface area contributed by atoms with Gasteiger partial charge in [0, 0.05) is 24.2 Å². The molecular formula is C20H30N4OS. The number of guanidine groups is 1. The van der Waals surface area contributed by atoms with Gasteiger partial charge >= 0.3 is 0 Å². The van der Waals surface area contributed by atoms with Gasteiger partial charge in [0.2, 0.25) is 0 Å². The maximum atomic E-state index is 5.70. The van der Waals surface area contributed by atoms with Crippen molar-refractivity contribution in [2.24, 2.45) is 4.99 Å². The van der Waals surface area contributed by atoms with Crippen molar-refractivity contribution in [3.05, 3.63) is 45.9 Å². The van der Waals surface area contributed by atoms with E-state index in [1.165, 1.54) is 10.4 Å². The van der Waals surface area contributed by atoms with Crippen LogP contribution in [0, 0.1) is 6.92 Å². The van der Waals surface area contributed by atoms with Crippen LogP contribution in [0.25, 0.3) is 0 Å². The minimum absolute atomic E-state index is 0.609. The monoisotopic (exact) mass is 374 g/mol. The summed E-state index contributed by atoms with van der Waals surface area (Å²) in [6.07, 6.45) is 5.09. The molecule has 0 unspecified atom stereocenters. The number of rotatable bonds is 10. The molecule has 0 fully saturated rings. The molecule has 2 N–H and O–H groups in total.